The van der Waals surface area contributed by atoms with Crippen molar-refractivity contribution in [1.29, 1.82) is 0 Å². The van der Waals surface area contributed by atoms with Crippen LogP contribution < -0.4 is 0 Å². The predicted octanol–water partition coefficient (Wildman–Crippen LogP) is 8.06. The first-order chi connectivity index (χ1) is 17.4. The van der Waals surface area contributed by atoms with Crippen LogP contribution in [0, 0.1) is 0 Å². The third-order valence-corrected chi connectivity index (χ3v) is 6.58. The Kier molecular flexibility index (Phi) is 4.46. The Morgan fingerprint density at radius 1 is 0.457 bits per heavy atom. The normalized spacial score (nSPS) is 11.4. The molecule has 3 nitrogen and oxygen atoms in total. The minimum Gasteiger partial charge on any atom is -0.292 e. The summed E-state index contributed by atoms with van der Waals surface area (Å²) in [7, 11) is 0. The van der Waals surface area contributed by atoms with Gasteiger partial charge < -0.3 is 0 Å². The van der Waals surface area contributed by atoms with E-state index in [0.29, 0.717) is 0 Å². The number of pyridine rings is 1. The molecular formula is C32H21N3. The van der Waals surface area contributed by atoms with Crippen molar-refractivity contribution >= 4 is 32.7 Å². The fourth-order valence-electron chi connectivity index (χ4n) is 4.97. The lowest BCUT2D eigenvalue weighted by atomic mass is 10.00. The number of benzene rings is 5. The minimum atomic E-state index is 0.931. The van der Waals surface area contributed by atoms with Gasteiger partial charge in [-0.3, -0.25) is 4.57 Å². The van der Waals surface area contributed by atoms with Crippen LogP contribution in [0.3, 0.4) is 0 Å². The van der Waals surface area contributed by atoms with E-state index in [9.17, 15) is 0 Å². The lowest BCUT2D eigenvalue weighted by Crippen LogP contribution is -1.97. The summed E-state index contributed by atoms with van der Waals surface area (Å²) in [6.07, 6.45) is 0. The monoisotopic (exact) mass is 447 g/mol. The quantitative estimate of drug-likeness (QED) is 0.256. The highest BCUT2D eigenvalue weighted by Gasteiger charge is 2.16. The third-order valence-electron chi connectivity index (χ3n) is 6.58. The molecule has 7 aromatic rings. The highest BCUT2D eigenvalue weighted by Crippen LogP contribution is 2.35. The zero-order valence-corrected chi connectivity index (χ0v) is 19.0. The smallest absolute Gasteiger partial charge is 0.145 e. The summed E-state index contributed by atoms with van der Waals surface area (Å²) >= 11 is 0. The highest BCUT2D eigenvalue weighted by molar-refractivity contribution is 6.11. The molecule has 3 heteroatoms. The van der Waals surface area contributed by atoms with Gasteiger partial charge in [0, 0.05) is 27.6 Å². The lowest BCUT2D eigenvalue weighted by Gasteiger charge is -2.11. The number of imidazole rings is 1. The van der Waals surface area contributed by atoms with E-state index in [2.05, 4.69) is 114 Å². The van der Waals surface area contributed by atoms with Gasteiger partial charge in [-0.1, -0.05) is 97.1 Å². The second-order valence-electron chi connectivity index (χ2n) is 8.70. The van der Waals surface area contributed by atoms with Crippen molar-refractivity contribution in [2.45, 2.75) is 0 Å². The second kappa shape index (κ2) is 7.93. The van der Waals surface area contributed by atoms with E-state index < -0.39 is 0 Å². The Morgan fingerprint density at radius 3 is 1.91 bits per heavy atom. The van der Waals surface area contributed by atoms with E-state index in [1.807, 2.05) is 18.2 Å². The van der Waals surface area contributed by atoms with E-state index in [1.165, 1.54) is 10.8 Å². The van der Waals surface area contributed by atoms with E-state index in [-0.39, 0.29) is 0 Å². The maximum Gasteiger partial charge on any atom is 0.145 e. The molecule has 2 heterocycles. The largest absolute Gasteiger partial charge is 0.292 e. The van der Waals surface area contributed by atoms with Crippen molar-refractivity contribution in [2.75, 3.05) is 0 Å². The van der Waals surface area contributed by atoms with Crippen LogP contribution in [-0.4, -0.2) is 14.5 Å². The van der Waals surface area contributed by atoms with Gasteiger partial charge >= 0.3 is 0 Å². The van der Waals surface area contributed by atoms with Gasteiger partial charge in [-0.05, 0) is 35.7 Å². The second-order valence-corrected chi connectivity index (χ2v) is 8.70. The number of aromatic nitrogens is 3. The number of para-hydroxylation sites is 2. The van der Waals surface area contributed by atoms with Gasteiger partial charge in [0.1, 0.15) is 5.82 Å². The fourth-order valence-corrected chi connectivity index (χ4v) is 4.97. The van der Waals surface area contributed by atoms with Crippen molar-refractivity contribution in [3.05, 3.63) is 127 Å². The van der Waals surface area contributed by atoms with Crippen molar-refractivity contribution < 1.29 is 0 Å². The standard InChI is InChI=1S/C32H21N3/c1-3-11-22(12-4-1)32-34-29-21-23(19-20-30(29)35(32)24-13-5-2-6-14-24)31-27-17-8-7-15-25(27)26-16-9-10-18-28(26)33-31/h1-21H. The molecule has 164 valence electrons. The van der Waals surface area contributed by atoms with E-state index in [4.69, 9.17) is 9.97 Å². The molecule has 0 N–H and O–H groups in total. The molecule has 0 aliphatic rings. The van der Waals surface area contributed by atoms with Gasteiger partial charge in [0.2, 0.25) is 0 Å². The average molecular weight is 448 g/mol. The molecule has 35 heavy (non-hydrogen) atoms. The molecular weight excluding hydrogens is 426 g/mol. The van der Waals surface area contributed by atoms with Crippen molar-refractivity contribution in [3.63, 3.8) is 0 Å². The summed E-state index contributed by atoms with van der Waals surface area (Å²) in [6, 6.07) is 44.2. The number of nitrogens with zero attached hydrogens (tertiary/aromatic N) is 3. The number of hydrogen-bond acceptors (Lipinski definition) is 2. The molecule has 0 saturated heterocycles. The fraction of sp³-hybridized carbons (Fsp3) is 0. The van der Waals surface area contributed by atoms with E-state index in [0.717, 1.165) is 50.3 Å². The maximum absolute atomic E-state index is 5.12. The van der Waals surface area contributed by atoms with E-state index >= 15 is 0 Å². The van der Waals surface area contributed by atoms with Crippen LogP contribution in [0.4, 0.5) is 0 Å². The first-order valence-corrected chi connectivity index (χ1v) is 11.8. The number of hydrogen-bond donors (Lipinski definition) is 0. The Bertz CT molecular complexity index is 1830. The van der Waals surface area contributed by atoms with Crippen LogP contribution in [0.1, 0.15) is 0 Å². The molecule has 0 unspecified atom stereocenters. The lowest BCUT2D eigenvalue weighted by molar-refractivity contribution is 1.10. The molecule has 0 bridgehead atoms. The topological polar surface area (TPSA) is 30.7 Å². The SMILES string of the molecule is c1ccc(-c2nc3cc(-c4nc5ccccc5c5ccccc45)ccc3n2-c2ccccc2)cc1. The zero-order valence-electron chi connectivity index (χ0n) is 19.0. The molecule has 0 radical (unpaired) electrons. The molecule has 5 aromatic carbocycles. The first kappa shape index (κ1) is 19.7. The van der Waals surface area contributed by atoms with E-state index in [1.54, 1.807) is 0 Å². The summed E-state index contributed by atoms with van der Waals surface area (Å²) in [5.41, 5.74) is 7.25. The Hall–Kier alpha value is -4.76. The third kappa shape index (κ3) is 3.21. The van der Waals surface area contributed by atoms with Crippen LogP contribution in [0.15, 0.2) is 127 Å². The predicted molar refractivity (Wildman–Crippen MR) is 145 cm³/mol. The van der Waals surface area contributed by atoms with Gasteiger partial charge in [-0.15, -0.1) is 0 Å². The molecule has 0 aliphatic heterocycles. The van der Waals surface area contributed by atoms with Crippen molar-refractivity contribution in [3.8, 4) is 28.3 Å². The zero-order chi connectivity index (χ0) is 23.2. The van der Waals surface area contributed by atoms with Gasteiger partial charge in [0.15, 0.2) is 0 Å². The summed E-state index contributed by atoms with van der Waals surface area (Å²) < 4.78 is 2.24. The molecule has 2 aromatic heterocycles. The number of fused-ring (bicyclic) bond motifs is 4. The first-order valence-electron chi connectivity index (χ1n) is 11.8. The Morgan fingerprint density at radius 2 is 1.11 bits per heavy atom. The van der Waals surface area contributed by atoms with Gasteiger partial charge in [-0.2, -0.15) is 0 Å². The summed E-state index contributed by atoms with van der Waals surface area (Å²) in [5.74, 6) is 0.931. The molecule has 0 amide bonds. The van der Waals surface area contributed by atoms with Gasteiger partial charge in [0.25, 0.3) is 0 Å². The molecule has 0 spiro atoms. The molecule has 0 saturated carbocycles. The van der Waals surface area contributed by atoms with Crippen LogP contribution in [0.5, 0.6) is 0 Å². The summed E-state index contributed by atoms with van der Waals surface area (Å²) in [4.78, 5) is 10.2. The average Bonchev–Trinajstić information content (AvgIpc) is 3.32. The van der Waals surface area contributed by atoms with Crippen LogP contribution in [-0.2, 0) is 0 Å². The summed E-state index contributed by atoms with van der Waals surface area (Å²) in [5, 5.41) is 3.54. The Balaban J connectivity index is 1.51. The maximum atomic E-state index is 5.12. The molecule has 0 fully saturated rings. The Labute approximate surface area is 203 Å². The van der Waals surface area contributed by atoms with Crippen LogP contribution in [0.25, 0.3) is 61.0 Å². The molecule has 0 atom stereocenters. The van der Waals surface area contributed by atoms with Gasteiger partial charge in [-0.25, -0.2) is 9.97 Å². The molecule has 7 rings (SSSR count). The van der Waals surface area contributed by atoms with Crippen LogP contribution in [0.2, 0.25) is 0 Å². The van der Waals surface area contributed by atoms with Crippen molar-refractivity contribution in [1.82, 2.24) is 14.5 Å². The summed E-state index contributed by atoms with van der Waals surface area (Å²) in [6.45, 7) is 0. The van der Waals surface area contributed by atoms with Gasteiger partial charge in [0.05, 0.1) is 22.2 Å². The number of rotatable bonds is 3. The minimum absolute atomic E-state index is 0.931. The highest BCUT2D eigenvalue weighted by atomic mass is 15.1. The molecule has 0 aliphatic carbocycles. The van der Waals surface area contributed by atoms with Crippen molar-refractivity contribution in [2.24, 2.45) is 0 Å². The van der Waals surface area contributed by atoms with Crippen LogP contribution >= 0.6 is 0 Å².